The topological polar surface area (TPSA) is 37.8 Å². The Hall–Kier alpha value is -1.42. The van der Waals surface area contributed by atoms with Crippen molar-refractivity contribution in [3.63, 3.8) is 0 Å². The van der Waals surface area contributed by atoms with Crippen molar-refractivity contribution in [2.75, 3.05) is 11.9 Å². The highest BCUT2D eigenvalue weighted by Crippen LogP contribution is 2.16. The van der Waals surface area contributed by atoms with Crippen molar-refractivity contribution < 1.29 is 0 Å². The molecular formula is C12H12BrN3. The summed E-state index contributed by atoms with van der Waals surface area (Å²) in [5, 5.41) is 3.18. The maximum absolute atomic E-state index is 4.51. The van der Waals surface area contributed by atoms with Gasteiger partial charge in [-0.05, 0) is 19.1 Å². The second kappa shape index (κ2) is 4.61. The van der Waals surface area contributed by atoms with Gasteiger partial charge in [0.2, 0.25) is 0 Å². The zero-order chi connectivity index (χ0) is 11.5. The third-order valence-electron chi connectivity index (χ3n) is 2.19. The van der Waals surface area contributed by atoms with Gasteiger partial charge in [0.25, 0.3) is 0 Å². The largest absolute Gasteiger partial charge is 0.364 e. The van der Waals surface area contributed by atoms with Gasteiger partial charge in [-0.1, -0.05) is 34.6 Å². The molecule has 0 unspecified atom stereocenters. The Kier molecular flexibility index (Phi) is 3.19. The highest BCUT2D eigenvalue weighted by atomic mass is 79.9. The number of hydrogen-bond donors (Lipinski definition) is 1. The van der Waals surface area contributed by atoms with Gasteiger partial charge in [0.05, 0.1) is 16.7 Å². The quantitative estimate of drug-likeness (QED) is 0.936. The molecule has 0 saturated heterocycles. The van der Waals surface area contributed by atoms with E-state index in [2.05, 4.69) is 37.8 Å². The van der Waals surface area contributed by atoms with E-state index in [1.807, 2.05) is 31.2 Å². The minimum Gasteiger partial charge on any atom is -0.364 e. The lowest BCUT2D eigenvalue weighted by molar-refractivity contribution is 1.14. The van der Waals surface area contributed by atoms with Gasteiger partial charge in [-0.25, -0.2) is 9.97 Å². The maximum Gasteiger partial charge on any atom is 0.148 e. The predicted octanol–water partition coefficient (Wildman–Crippen LogP) is 3.26. The second-order valence-electron chi connectivity index (χ2n) is 3.52. The van der Waals surface area contributed by atoms with Crippen molar-refractivity contribution in [2.24, 2.45) is 0 Å². The minimum atomic E-state index is 0.647. The van der Waals surface area contributed by atoms with Crippen LogP contribution in [0.4, 0.5) is 5.82 Å². The van der Waals surface area contributed by atoms with Crippen LogP contribution in [0.2, 0.25) is 0 Å². The molecule has 0 aliphatic carbocycles. The molecule has 1 aromatic heterocycles. The number of benzene rings is 1. The molecule has 1 N–H and O–H groups in total. The van der Waals surface area contributed by atoms with Gasteiger partial charge in [-0.3, -0.25) is 0 Å². The fraction of sp³-hybridized carbons (Fsp3) is 0.167. The van der Waals surface area contributed by atoms with Crippen LogP contribution in [0.3, 0.4) is 0 Å². The summed E-state index contributed by atoms with van der Waals surface area (Å²) in [5.74, 6) is 0.805. The maximum atomic E-state index is 4.51. The summed E-state index contributed by atoms with van der Waals surface area (Å²) in [4.78, 5) is 8.99. The highest BCUT2D eigenvalue weighted by Gasteiger charge is 2.03. The lowest BCUT2D eigenvalue weighted by atomic mass is 10.3. The molecule has 16 heavy (non-hydrogen) atoms. The van der Waals surface area contributed by atoms with Gasteiger partial charge >= 0.3 is 0 Å². The van der Waals surface area contributed by atoms with Gasteiger partial charge in [-0.2, -0.15) is 0 Å². The molecule has 0 fully saturated rings. The highest BCUT2D eigenvalue weighted by molar-refractivity contribution is 9.11. The number of fused-ring (bicyclic) bond motifs is 1. The summed E-state index contributed by atoms with van der Waals surface area (Å²) in [6, 6.07) is 7.84. The molecule has 1 aromatic carbocycles. The van der Waals surface area contributed by atoms with E-state index in [4.69, 9.17) is 0 Å². The monoisotopic (exact) mass is 277 g/mol. The van der Waals surface area contributed by atoms with Crippen LogP contribution < -0.4 is 5.32 Å². The third-order valence-corrected chi connectivity index (χ3v) is 2.47. The number of halogens is 1. The fourth-order valence-corrected chi connectivity index (χ4v) is 1.58. The SMILES string of the molecule is C=C(Br)CNc1nc2ccccc2nc1C. The van der Waals surface area contributed by atoms with Crippen molar-refractivity contribution in [3.05, 3.63) is 41.0 Å². The summed E-state index contributed by atoms with van der Waals surface area (Å²) in [5.41, 5.74) is 2.71. The summed E-state index contributed by atoms with van der Waals surface area (Å²) in [6.07, 6.45) is 0. The van der Waals surface area contributed by atoms with Crippen molar-refractivity contribution >= 4 is 32.8 Å². The summed E-state index contributed by atoms with van der Waals surface area (Å²) < 4.78 is 0.891. The first kappa shape index (κ1) is 11.1. The van der Waals surface area contributed by atoms with Crippen molar-refractivity contribution in [1.82, 2.24) is 9.97 Å². The average Bonchev–Trinajstić information content (AvgIpc) is 2.26. The first-order valence-corrected chi connectivity index (χ1v) is 5.76. The van der Waals surface area contributed by atoms with Crippen LogP contribution >= 0.6 is 15.9 Å². The van der Waals surface area contributed by atoms with E-state index in [0.29, 0.717) is 6.54 Å². The molecule has 0 amide bonds. The van der Waals surface area contributed by atoms with Crippen LogP contribution in [-0.2, 0) is 0 Å². The Balaban J connectivity index is 2.38. The van der Waals surface area contributed by atoms with Crippen LogP contribution in [0, 0.1) is 6.92 Å². The lowest BCUT2D eigenvalue weighted by Crippen LogP contribution is -2.06. The van der Waals surface area contributed by atoms with E-state index in [0.717, 1.165) is 27.0 Å². The van der Waals surface area contributed by atoms with E-state index < -0.39 is 0 Å². The molecule has 0 radical (unpaired) electrons. The molecule has 0 bridgehead atoms. The number of nitrogens with one attached hydrogen (secondary N) is 1. The molecule has 1 heterocycles. The molecule has 0 spiro atoms. The molecule has 0 saturated carbocycles. The van der Waals surface area contributed by atoms with Crippen molar-refractivity contribution in [2.45, 2.75) is 6.92 Å². The van der Waals surface area contributed by atoms with Crippen molar-refractivity contribution in [1.29, 1.82) is 0 Å². The predicted molar refractivity (Wildman–Crippen MR) is 70.8 cm³/mol. The van der Waals surface area contributed by atoms with Crippen LogP contribution in [0.25, 0.3) is 11.0 Å². The fourth-order valence-electron chi connectivity index (χ4n) is 1.44. The molecule has 2 rings (SSSR count). The number of para-hydroxylation sites is 2. The zero-order valence-corrected chi connectivity index (χ0v) is 10.6. The molecule has 0 aliphatic rings. The van der Waals surface area contributed by atoms with Crippen LogP contribution in [-0.4, -0.2) is 16.5 Å². The Labute approximate surface area is 103 Å². The molecular weight excluding hydrogens is 266 g/mol. The Morgan fingerprint density at radius 1 is 1.31 bits per heavy atom. The lowest BCUT2D eigenvalue weighted by Gasteiger charge is -2.08. The number of aryl methyl sites for hydroxylation is 1. The van der Waals surface area contributed by atoms with E-state index in [9.17, 15) is 0 Å². The molecule has 82 valence electrons. The van der Waals surface area contributed by atoms with Crippen molar-refractivity contribution in [3.8, 4) is 0 Å². The molecule has 2 aromatic rings. The normalized spacial score (nSPS) is 10.4. The number of nitrogens with zero attached hydrogens (tertiary/aromatic N) is 2. The Morgan fingerprint density at radius 3 is 2.56 bits per heavy atom. The van der Waals surface area contributed by atoms with Gasteiger partial charge in [0.1, 0.15) is 5.82 Å². The number of hydrogen-bond acceptors (Lipinski definition) is 3. The first-order chi connectivity index (χ1) is 7.66. The van der Waals surface area contributed by atoms with Gasteiger partial charge in [0, 0.05) is 11.0 Å². The third kappa shape index (κ3) is 2.39. The van der Waals surface area contributed by atoms with Crippen LogP contribution in [0.15, 0.2) is 35.3 Å². The molecule has 0 atom stereocenters. The van der Waals surface area contributed by atoms with Gasteiger partial charge in [-0.15, -0.1) is 0 Å². The Bertz CT molecular complexity index is 537. The van der Waals surface area contributed by atoms with Gasteiger partial charge < -0.3 is 5.32 Å². The molecule has 3 nitrogen and oxygen atoms in total. The summed E-state index contributed by atoms with van der Waals surface area (Å²) >= 11 is 3.30. The number of aromatic nitrogens is 2. The van der Waals surface area contributed by atoms with E-state index in [1.54, 1.807) is 0 Å². The van der Waals surface area contributed by atoms with E-state index in [-0.39, 0.29) is 0 Å². The number of rotatable bonds is 3. The second-order valence-corrected chi connectivity index (χ2v) is 4.64. The van der Waals surface area contributed by atoms with E-state index in [1.165, 1.54) is 0 Å². The minimum absolute atomic E-state index is 0.647. The molecule has 4 heteroatoms. The van der Waals surface area contributed by atoms with Gasteiger partial charge in [0.15, 0.2) is 0 Å². The first-order valence-electron chi connectivity index (χ1n) is 4.97. The molecule has 0 aliphatic heterocycles. The van der Waals surface area contributed by atoms with E-state index >= 15 is 0 Å². The van der Waals surface area contributed by atoms with Crippen LogP contribution in [0.5, 0.6) is 0 Å². The van der Waals surface area contributed by atoms with Crippen LogP contribution in [0.1, 0.15) is 5.69 Å². The summed E-state index contributed by atoms with van der Waals surface area (Å²) in [6.45, 7) is 6.36. The Morgan fingerprint density at radius 2 is 1.94 bits per heavy atom. The zero-order valence-electron chi connectivity index (χ0n) is 9.00. The average molecular weight is 278 g/mol. The summed E-state index contributed by atoms with van der Waals surface area (Å²) in [7, 11) is 0. The standard InChI is InChI=1S/C12H12BrN3/c1-8(13)7-14-12-9(2)15-10-5-3-4-6-11(10)16-12/h3-6H,1,7H2,2H3,(H,14,16). The number of anilines is 1. The smallest absolute Gasteiger partial charge is 0.148 e.